The number of benzene rings is 1. The van der Waals surface area contributed by atoms with Crippen molar-refractivity contribution in [1.29, 1.82) is 0 Å². The Bertz CT molecular complexity index is 425. The van der Waals surface area contributed by atoms with Crippen LogP contribution < -0.4 is 0 Å². The molecule has 0 unspecified atom stereocenters. The maximum absolute atomic E-state index is 4.10. The van der Waals surface area contributed by atoms with Crippen molar-refractivity contribution in [3.63, 3.8) is 0 Å². The van der Waals surface area contributed by atoms with E-state index in [9.17, 15) is 0 Å². The van der Waals surface area contributed by atoms with Gasteiger partial charge in [-0.2, -0.15) is 0 Å². The van der Waals surface area contributed by atoms with Crippen LogP contribution in [0.2, 0.25) is 0 Å². The standard InChI is InChI=1S/C12H12BrN/c13-6-1-2-10-3-4-12-9-14-7-5-11(12)8-10/h3-5,7-9H,1-2,6H2. The van der Waals surface area contributed by atoms with Crippen molar-refractivity contribution < 1.29 is 0 Å². The highest BCUT2D eigenvalue weighted by atomic mass is 79.9. The Morgan fingerprint density at radius 3 is 2.93 bits per heavy atom. The lowest BCUT2D eigenvalue weighted by Crippen LogP contribution is -1.86. The highest BCUT2D eigenvalue weighted by Gasteiger charge is 1.95. The Morgan fingerprint density at radius 2 is 2.07 bits per heavy atom. The zero-order valence-corrected chi connectivity index (χ0v) is 9.50. The minimum absolute atomic E-state index is 1.07. The van der Waals surface area contributed by atoms with Gasteiger partial charge in [0.25, 0.3) is 0 Å². The van der Waals surface area contributed by atoms with Crippen molar-refractivity contribution >= 4 is 26.7 Å². The second-order valence-corrected chi connectivity index (χ2v) is 4.14. The molecule has 1 nitrogen and oxygen atoms in total. The minimum Gasteiger partial charge on any atom is -0.264 e. The van der Waals surface area contributed by atoms with E-state index >= 15 is 0 Å². The van der Waals surface area contributed by atoms with Crippen LogP contribution >= 0.6 is 15.9 Å². The lowest BCUT2D eigenvalue weighted by atomic mass is 10.1. The number of aryl methyl sites for hydroxylation is 1. The fourth-order valence-corrected chi connectivity index (χ4v) is 1.84. The van der Waals surface area contributed by atoms with Crippen LogP contribution in [0.15, 0.2) is 36.7 Å². The predicted molar refractivity (Wildman–Crippen MR) is 63.9 cm³/mol. The van der Waals surface area contributed by atoms with Crippen LogP contribution in [-0.4, -0.2) is 10.3 Å². The first-order valence-electron chi connectivity index (χ1n) is 4.79. The molecule has 0 spiro atoms. The van der Waals surface area contributed by atoms with E-state index in [1.807, 2.05) is 12.4 Å². The Balaban J connectivity index is 2.32. The zero-order valence-electron chi connectivity index (χ0n) is 7.91. The first-order valence-corrected chi connectivity index (χ1v) is 5.91. The minimum atomic E-state index is 1.07. The first kappa shape index (κ1) is 9.66. The van der Waals surface area contributed by atoms with E-state index < -0.39 is 0 Å². The van der Waals surface area contributed by atoms with Gasteiger partial charge in [0.15, 0.2) is 0 Å². The quantitative estimate of drug-likeness (QED) is 0.759. The van der Waals surface area contributed by atoms with Crippen LogP contribution in [0, 0.1) is 0 Å². The van der Waals surface area contributed by atoms with Crippen LogP contribution in [0.25, 0.3) is 10.8 Å². The molecule has 1 heterocycles. The molecule has 0 saturated carbocycles. The third-order valence-electron chi connectivity index (χ3n) is 2.30. The fourth-order valence-electron chi connectivity index (χ4n) is 1.56. The van der Waals surface area contributed by atoms with Crippen molar-refractivity contribution in [2.24, 2.45) is 0 Å². The average Bonchev–Trinajstić information content (AvgIpc) is 2.26. The summed E-state index contributed by atoms with van der Waals surface area (Å²) in [5.41, 5.74) is 1.41. The summed E-state index contributed by atoms with van der Waals surface area (Å²) in [7, 11) is 0. The molecular formula is C12H12BrN. The topological polar surface area (TPSA) is 12.9 Å². The number of halogens is 1. The Morgan fingerprint density at radius 1 is 1.14 bits per heavy atom. The van der Waals surface area contributed by atoms with Crippen LogP contribution in [-0.2, 0) is 6.42 Å². The number of alkyl halides is 1. The smallest absolute Gasteiger partial charge is 0.0346 e. The van der Waals surface area contributed by atoms with Gasteiger partial charge in [0, 0.05) is 23.1 Å². The summed E-state index contributed by atoms with van der Waals surface area (Å²) in [6, 6.07) is 8.64. The molecular weight excluding hydrogens is 238 g/mol. The molecule has 0 aliphatic rings. The molecule has 1 aromatic heterocycles. The van der Waals surface area contributed by atoms with Gasteiger partial charge in [-0.05, 0) is 29.9 Å². The Kier molecular flexibility index (Phi) is 3.14. The summed E-state index contributed by atoms with van der Waals surface area (Å²) in [5, 5.41) is 3.57. The van der Waals surface area contributed by atoms with Gasteiger partial charge in [0.2, 0.25) is 0 Å². The molecule has 0 amide bonds. The highest BCUT2D eigenvalue weighted by Crippen LogP contribution is 2.15. The number of fused-ring (bicyclic) bond motifs is 1. The lowest BCUT2D eigenvalue weighted by molar-refractivity contribution is 0.941. The summed E-state index contributed by atoms with van der Waals surface area (Å²) < 4.78 is 0. The van der Waals surface area contributed by atoms with Gasteiger partial charge in [-0.1, -0.05) is 34.1 Å². The molecule has 0 aliphatic heterocycles. The molecule has 2 heteroatoms. The second kappa shape index (κ2) is 4.56. The van der Waals surface area contributed by atoms with Crippen LogP contribution in [0.3, 0.4) is 0 Å². The molecule has 0 saturated heterocycles. The maximum atomic E-state index is 4.10. The third kappa shape index (κ3) is 2.13. The molecule has 14 heavy (non-hydrogen) atoms. The van der Waals surface area contributed by atoms with E-state index in [1.165, 1.54) is 22.8 Å². The summed E-state index contributed by atoms with van der Waals surface area (Å²) >= 11 is 3.45. The number of hydrogen-bond acceptors (Lipinski definition) is 1. The molecule has 1 aromatic carbocycles. The van der Waals surface area contributed by atoms with E-state index in [1.54, 1.807) is 0 Å². The van der Waals surface area contributed by atoms with Gasteiger partial charge >= 0.3 is 0 Å². The lowest BCUT2D eigenvalue weighted by Gasteiger charge is -2.01. The van der Waals surface area contributed by atoms with E-state index in [2.05, 4.69) is 45.2 Å². The van der Waals surface area contributed by atoms with Crippen LogP contribution in [0.5, 0.6) is 0 Å². The number of hydrogen-bond donors (Lipinski definition) is 0. The predicted octanol–water partition coefficient (Wildman–Crippen LogP) is 3.56. The van der Waals surface area contributed by atoms with Crippen molar-refractivity contribution in [2.75, 3.05) is 5.33 Å². The van der Waals surface area contributed by atoms with Gasteiger partial charge in [-0.15, -0.1) is 0 Å². The molecule has 72 valence electrons. The van der Waals surface area contributed by atoms with E-state index in [0.717, 1.165) is 11.8 Å². The third-order valence-corrected chi connectivity index (χ3v) is 2.86. The number of aromatic nitrogens is 1. The van der Waals surface area contributed by atoms with Gasteiger partial charge in [-0.3, -0.25) is 4.98 Å². The molecule has 0 atom stereocenters. The summed E-state index contributed by atoms with van der Waals surface area (Å²) in [6.07, 6.45) is 6.08. The molecule has 0 aliphatic carbocycles. The summed E-state index contributed by atoms with van der Waals surface area (Å²) in [6.45, 7) is 0. The zero-order chi connectivity index (χ0) is 9.80. The van der Waals surface area contributed by atoms with Crippen LogP contribution in [0.4, 0.5) is 0 Å². The second-order valence-electron chi connectivity index (χ2n) is 3.35. The monoisotopic (exact) mass is 249 g/mol. The van der Waals surface area contributed by atoms with Crippen molar-refractivity contribution in [3.05, 3.63) is 42.2 Å². The molecule has 0 radical (unpaired) electrons. The number of rotatable bonds is 3. The van der Waals surface area contributed by atoms with Gasteiger partial charge in [-0.25, -0.2) is 0 Å². The summed E-state index contributed by atoms with van der Waals surface area (Å²) in [5.74, 6) is 0. The average molecular weight is 250 g/mol. The van der Waals surface area contributed by atoms with E-state index in [4.69, 9.17) is 0 Å². The van der Waals surface area contributed by atoms with Crippen molar-refractivity contribution in [3.8, 4) is 0 Å². The SMILES string of the molecule is BrCCCc1ccc2cnccc2c1. The highest BCUT2D eigenvalue weighted by molar-refractivity contribution is 9.09. The van der Waals surface area contributed by atoms with Crippen molar-refractivity contribution in [2.45, 2.75) is 12.8 Å². The van der Waals surface area contributed by atoms with Crippen LogP contribution in [0.1, 0.15) is 12.0 Å². The maximum Gasteiger partial charge on any atom is 0.0346 e. The number of nitrogens with zero attached hydrogens (tertiary/aromatic N) is 1. The van der Waals surface area contributed by atoms with Gasteiger partial charge in [0.1, 0.15) is 0 Å². The summed E-state index contributed by atoms with van der Waals surface area (Å²) in [4.78, 5) is 4.10. The molecule has 2 aromatic rings. The fraction of sp³-hybridized carbons (Fsp3) is 0.250. The molecule has 0 N–H and O–H groups in total. The van der Waals surface area contributed by atoms with Crippen molar-refractivity contribution in [1.82, 2.24) is 4.98 Å². The Labute approximate surface area is 92.3 Å². The largest absolute Gasteiger partial charge is 0.264 e. The normalized spacial score (nSPS) is 10.6. The number of pyridine rings is 1. The molecule has 2 rings (SSSR count). The van der Waals surface area contributed by atoms with Gasteiger partial charge in [0.05, 0.1) is 0 Å². The van der Waals surface area contributed by atoms with E-state index in [0.29, 0.717) is 0 Å². The van der Waals surface area contributed by atoms with E-state index in [-0.39, 0.29) is 0 Å². The molecule has 0 bridgehead atoms. The van der Waals surface area contributed by atoms with Gasteiger partial charge < -0.3 is 0 Å². The first-order chi connectivity index (χ1) is 6.90. The molecule has 0 fully saturated rings. The Hall–Kier alpha value is -0.890.